The Bertz CT molecular complexity index is 700. The quantitative estimate of drug-likeness (QED) is 0.834. The first-order valence-corrected chi connectivity index (χ1v) is 8.91. The first-order chi connectivity index (χ1) is 12.1. The number of carboxylic acids is 1. The second-order valence-electron chi connectivity index (χ2n) is 6.51. The monoisotopic (exact) mass is 359 g/mol. The van der Waals surface area contributed by atoms with Crippen molar-refractivity contribution in [2.75, 3.05) is 19.7 Å². The standard InChI is InChI=1S/C20H22ClNO3/c21-18-7-3-15(4-8-18)12-22-11-1-2-16(13-22)14-25-19-9-5-17(6-10-19)20(23)24/h3-10,16H,1-2,11-14H2,(H,23,24). The normalized spacial score (nSPS) is 18.0. The van der Waals surface area contributed by atoms with Crippen molar-refractivity contribution in [3.05, 3.63) is 64.7 Å². The maximum absolute atomic E-state index is 10.9. The fourth-order valence-corrected chi connectivity index (χ4v) is 3.31. The molecule has 4 nitrogen and oxygen atoms in total. The second-order valence-corrected chi connectivity index (χ2v) is 6.95. The van der Waals surface area contributed by atoms with Gasteiger partial charge in [0.15, 0.2) is 0 Å². The number of piperidine rings is 1. The van der Waals surface area contributed by atoms with Gasteiger partial charge in [0.1, 0.15) is 5.75 Å². The highest BCUT2D eigenvalue weighted by Crippen LogP contribution is 2.21. The van der Waals surface area contributed by atoms with E-state index in [1.54, 1.807) is 24.3 Å². The molecule has 3 rings (SSSR count). The Labute approximate surface area is 153 Å². The fraction of sp³-hybridized carbons (Fsp3) is 0.350. The third-order valence-electron chi connectivity index (χ3n) is 4.51. The van der Waals surface area contributed by atoms with Crippen LogP contribution >= 0.6 is 11.6 Å². The van der Waals surface area contributed by atoms with Crippen molar-refractivity contribution in [2.45, 2.75) is 19.4 Å². The van der Waals surface area contributed by atoms with Crippen LogP contribution in [0, 0.1) is 5.92 Å². The summed E-state index contributed by atoms with van der Waals surface area (Å²) in [6.45, 7) is 3.70. The van der Waals surface area contributed by atoms with Gasteiger partial charge in [0.05, 0.1) is 12.2 Å². The summed E-state index contributed by atoms with van der Waals surface area (Å²) in [5.41, 5.74) is 1.55. The SMILES string of the molecule is O=C(O)c1ccc(OCC2CCCN(Cc3ccc(Cl)cc3)C2)cc1. The number of hydrogen-bond donors (Lipinski definition) is 1. The van der Waals surface area contributed by atoms with Gasteiger partial charge >= 0.3 is 5.97 Å². The van der Waals surface area contributed by atoms with E-state index in [2.05, 4.69) is 17.0 Å². The molecular weight excluding hydrogens is 338 g/mol. The Balaban J connectivity index is 1.49. The fourth-order valence-electron chi connectivity index (χ4n) is 3.19. The highest BCUT2D eigenvalue weighted by molar-refractivity contribution is 6.30. The second kappa shape index (κ2) is 8.37. The summed E-state index contributed by atoms with van der Waals surface area (Å²) in [5.74, 6) is 0.289. The molecule has 1 aliphatic rings. The van der Waals surface area contributed by atoms with Crippen LogP contribution in [0.15, 0.2) is 48.5 Å². The minimum atomic E-state index is -0.920. The molecule has 0 spiro atoms. The van der Waals surface area contributed by atoms with Gasteiger partial charge < -0.3 is 9.84 Å². The molecule has 1 heterocycles. The number of benzene rings is 2. The zero-order valence-corrected chi connectivity index (χ0v) is 14.8. The number of carbonyl (C=O) groups is 1. The number of nitrogens with zero attached hydrogens (tertiary/aromatic N) is 1. The number of halogens is 1. The molecule has 1 unspecified atom stereocenters. The molecule has 0 amide bonds. The van der Waals surface area contributed by atoms with Crippen molar-refractivity contribution in [3.63, 3.8) is 0 Å². The lowest BCUT2D eigenvalue weighted by molar-refractivity contribution is 0.0697. The molecule has 1 aliphatic heterocycles. The van der Waals surface area contributed by atoms with E-state index in [4.69, 9.17) is 21.4 Å². The van der Waals surface area contributed by atoms with Gasteiger partial charge in [-0.05, 0) is 61.3 Å². The van der Waals surface area contributed by atoms with E-state index in [1.165, 1.54) is 12.0 Å². The number of rotatable bonds is 6. The summed E-state index contributed by atoms with van der Waals surface area (Å²) < 4.78 is 5.86. The molecule has 0 aromatic heterocycles. The third-order valence-corrected chi connectivity index (χ3v) is 4.76. The van der Waals surface area contributed by atoms with Crippen molar-refractivity contribution in [1.82, 2.24) is 4.90 Å². The van der Waals surface area contributed by atoms with Crippen LogP contribution in [0.4, 0.5) is 0 Å². The lowest BCUT2D eigenvalue weighted by Gasteiger charge is -2.32. The van der Waals surface area contributed by atoms with Crippen LogP contribution in [0.1, 0.15) is 28.8 Å². The Morgan fingerprint density at radius 2 is 1.88 bits per heavy atom. The molecular formula is C20H22ClNO3. The van der Waals surface area contributed by atoms with Crippen LogP contribution in [-0.4, -0.2) is 35.7 Å². The average Bonchev–Trinajstić information content (AvgIpc) is 2.63. The molecule has 0 aliphatic carbocycles. The van der Waals surface area contributed by atoms with Gasteiger partial charge in [-0.3, -0.25) is 4.90 Å². The zero-order chi connectivity index (χ0) is 17.6. The summed E-state index contributed by atoms with van der Waals surface area (Å²) in [5, 5.41) is 9.69. The van der Waals surface area contributed by atoms with Gasteiger partial charge in [0.2, 0.25) is 0 Å². The largest absolute Gasteiger partial charge is 0.493 e. The zero-order valence-electron chi connectivity index (χ0n) is 14.0. The number of carboxylic acid groups (broad SMARTS) is 1. The minimum absolute atomic E-state index is 0.277. The van der Waals surface area contributed by atoms with Gasteiger partial charge in [-0.1, -0.05) is 23.7 Å². The molecule has 0 saturated carbocycles. The van der Waals surface area contributed by atoms with Crippen molar-refractivity contribution in [1.29, 1.82) is 0 Å². The minimum Gasteiger partial charge on any atom is -0.493 e. The van der Waals surface area contributed by atoms with Gasteiger partial charge in [-0.2, -0.15) is 0 Å². The highest BCUT2D eigenvalue weighted by Gasteiger charge is 2.20. The van der Waals surface area contributed by atoms with Gasteiger partial charge in [0, 0.05) is 24.0 Å². The van der Waals surface area contributed by atoms with Crippen LogP contribution in [0.2, 0.25) is 5.02 Å². The van der Waals surface area contributed by atoms with Gasteiger partial charge in [-0.25, -0.2) is 4.79 Å². The molecule has 2 aromatic carbocycles. The van der Waals surface area contributed by atoms with E-state index >= 15 is 0 Å². The summed E-state index contributed by atoms with van der Waals surface area (Å²) in [4.78, 5) is 13.3. The highest BCUT2D eigenvalue weighted by atomic mass is 35.5. The topological polar surface area (TPSA) is 49.8 Å². The molecule has 132 valence electrons. The lowest BCUT2D eigenvalue weighted by atomic mass is 9.98. The van der Waals surface area contributed by atoms with Crippen molar-refractivity contribution in [2.24, 2.45) is 5.92 Å². The number of hydrogen-bond acceptors (Lipinski definition) is 3. The molecule has 25 heavy (non-hydrogen) atoms. The summed E-state index contributed by atoms with van der Waals surface area (Å²) in [7, 11) is 0. The predicted octanol–water partition coefficient (Wildman–Crippen LogP) is 4.33. The van der Waals surface area contributed by atoms with Gasteiger partial charge in [-0.15, -0.1) is 0 Å². The molecule has 0 bridgehead atoms. The van der Waals surface area contributed by atoms with Crippen LogP contribution in [0.5, 0.6) is 5.75 Å². The Morgan fingerprint density at radius 3 is 2.56 bits per heavy atom. The summed E-state index contributed by atoms with van der Waals surface area (Å²) >= 11 is 5.94. The van der Waals surface area contributed by atoms with Crippen LogP contribution < -0.4 is 4.74 Å². The summed E-state index contributed by atoms with van der Waals surface area (Å²) in [6, 6.07) is 14.6. The van der Waals surface area contributed by atoms with E-state index in [0.717, 1.165) is 36.8 Å². The van der Waals surface area contributed by atoms with E-state index in [0.29, 0.717) is 12.5 Å². The maximum Gasteiger partial charge on any atom is 0.335 e. The number of ether oxygens (including phenoxy) is 1. The van der Waals surface area contributed by atoms with Crippen LogP contribution in [0.3, 0.4) is 0 Å². The smallest absolute Gasteiger partial charge is 0.335 e. The predicted molar refractivity (Wildman–Crippen MR) is 98.3 cm³/mol. The number of likely N-dealkylation sites (tertiary alicyclic amines) is 1. The molecule has 1 saturated heterocycles. The van der Waals surface area contributed by atoms with E-state index in [1.807, 2.05) is 12.1 Å². The van der Waals surface area contributed by atoms with Crippen molar-refractivity contribution < 1.29 is 14.6 Å². The summed E-state index contributed by atoms with van der Waals surface area (Å²) in [6.07, 6.45) is 2.32. The van der Waals surface area contributed by atoms with Gasteiger partial charge in [0.25, 0.3) is 0 Å². The van der Waals surface area contributed by atoms with Crippen LogP contribution in [0.25, 0.3) is 0 Å². The first kappa shape index (κ1) is 17.8. The Kier molecular flexibility index (Phi) is 5.95. The lowest BCUT2D eigenvalue weighted by Crippen LogP contribution is -2.37. The molecule has 2 aromatic rings. The first-order valence-electron chi connectivity index (χ1n) is 8.53. The third kappa shape index (κ3) is 5.21. The molecule has 1 fully saturated rings. The van der Waals surface area contributed by atoms with Crippen molar-refractivity contribution >= 4 is 17.6 Å². The maximum atomic E-state index is 10.9. The van der Waals surface area contributed by atoms with E-state index in [9.17, 15) is 4.79 Å². The average molecular weight is 360 g/mol. The molecule has 1 atom stereocenters. The number of aromatic carboxylic acids is 1. The molecule has 0 radical (unpaired) electrons. The van der Waals surface area contributed by atoms with E-state index < -0.39 is 5.97 Å². The Morgan fingerprint density at radius 1 is 1.16 bits per heavy atom. The van der Waals surface area contributed by atoms with Crippen molar-refractivity contribution in [3.8, 4) is 5.75 Å². The molecule has 1 N–H and O–H groups in total. The van der Waals surface area contributed by atoms with Crippen LogP contribution in [-0.2, 0) is 6.54 Å². The Hall–Kier alpha value is -2.04. The van der Waals surface area contributed by atoms with E-state index in [-0.39, 0.29) is 5.56 Å². The molecule has 5 heteroatoms.